The predicted octanol–water partition coefficient (Wildman–Crippen LogP) is 3.91. The van der Waals surface area contributed by atoms with Crippen molar-refractivity contribution >= 4 is 16.9 Å². The van der Waals surface area contributed by atoms with Crippen molar-refractivity contribution in [2.24, 2.45) is 0 Å². The number of hydrogen-bond donors (Lipinski definition) is 1. The van der Waals surface area contributed by atoms with Crippen molar-refractivity contribution in [1.82, 2.24) is 4.57 Å². The molecule has 2 aromatic carbocycles. The fourth-order valence-corrected chi connectivity index (χ4v) is 2.69. The topological polar surface area (TPSA) is 59.3 Å². The number of aromatic nitrogens is 1. The number of alkyl halides is 3. The van der Waals surface area contributed by atoms with Crippen LogP contribution < -0.4 is 5.43 Å². The number of benzene rings is 2. The summed E-state index contributed by atoms with van der Waals surface area (Å²) in [6.07, 6.45) is -4.50. The monoisotopic (exact) mass is 365 g/mol. The molecule has 1 N–H and O–H groups in total. The summed E-state index contributed by atoms with van der Waals surface area (Å²) in [5, 5.41) is 9.16. The molecule has 0 aliphatic carbocycles. The molecule has 0 spiro atoms. The van der Waals surface area contributed by atoms with E-state index >= 15 is 0 Å². The van der Waals surface area contributed by atoms with Crippen molar-refractivity contribution in [3.8, 4) is 0 Å². The molecule has 3 aromatic rings. The molecule has 0 aliphatic rings. The van der Waals surface area contributed by atoms with E-state index in [2.05, 4.69) is 0 Å². The van der Waals surface area contributed by atoms with Crippen LogP contribution in [0.2, 0.25) is 0 Å². The number of carbonyl (C=O) groups is 1. The van der Waals surface area contributed by atoms with Crippen molar-refractivity contribution in [1.29, 1.82) is 0 Å². The van der Waals surface area contributed by atoms with Gasteiger partial charge in [-0.2, -0.15) is 17.6 Å². The number of aromatic carboxylic acids is 1. The van der Waals surface area contributed by atoms with E-state index in [4.69, 9.17) is 5.11 Å². The fraction of sp³-hybridized carbons (Fsp3) is 0.111. The van der Waals surface area contributed by atoms with E-state index in [1.54, 1.807) is 6.07 Å². The molecule has 1 heterocycles. The van der Waals surface area contributed by atoms with Crippen molar-refractivity contribution < 1.29 is 27.5 Å². The zero-order chi connectivity index (χ0) is 19.1. The van der Waals surface area contributed by atoms with Crippen LogP contribution in [0.15, 0.2) is 53.3 Å². The Morgan fingerprint density at radius 2 is 1.65 bits per heavy atom. The van der Waals surface area contributed by atoms with Gasteiger partial charge in [0.2, 0.25) is 11.4 Å². The van der Waals surface area contributed by atoms with E-state index < -0.39 is 34.6 Å². The summed E-state index contributed by atoms with van der Waals surface area (Å²) in [6.45, 7) is -0.231. The molecule has 8 heteroatoms. The molecule has 134 valence electrons. The van der Waals surface area contributed by atoms with Crippen molar-refractivity contribution in [3.05, 3.63) is 81.4 Å². The standard InChI is InChI=1S/C18H11F4NO3/c19-16-14(17(25)26)15(24)12-3-1-2-4-13(12)23(16)9-10-5-7-11(8-6-10)18(20,21)22/h1-8H,9H2,(H,25,26). The summed E-state index contributed by atoms with van der Waals surface area (Å²) >= 11 is 0. The van der Waals surface area contributed by atoms with Crippen LogP contribution in [0.5, 0.6) is 0 Å². The number of pyridine rings is 1. The Balaban J connectivity index is 2.16. The van der Waals surface area contributed by atoms with Gasteiger partial charge in [0.05, 0.1) is 17.6 Å². The summed E-state index contributed by atoms with van der Waals surface area (Å²) in [5.74, 6) is -2.96. The first-order valence-electron chi connectivity index (χ1n) is 7.40. The highest BCUT2D eigenvalue weighted by molar-refractivity contribution is 5.92. The second kappa shape index (κ2) is 6.29. The Morgan fingerprint density at radius 3 is 2.23 bits per heavy atom. The number of carboxylic acid groups (broad SMARTS) is 1. The van der Waals surface area contributed by atoms with Gasteiger partial charge < -0.3 is 9.67 Å². The van der Waals surface area contributed by atoms with Crippen molar-refractivity contribution in [2.45, 2.75) is 12.7 Å². The minimum Gasteiger partial charge on any atom is -0.477 e. The molecule has 26 heavy (non-hydrogen) atoms. The molecule has 3 rings (SSSR count). The van der Waals surface area contributed by atoms with Crippen LogP contribution in [-0.2, 0) is 12.7 Å². The first kappa shape index (κ1) is 17.7. The molecule has 0 aliphatic heterocycles. The molecule has 0 amide bonds. The summed E-state index contributed by atoms with van der Waals surface area (Å²) < 4.78 is 53.6. The van der Waals surface area contributed by atoms with Gasteiger partial charge in [0, 0.05) is 5.39 Å². The maximum Gasteiger partial charge on any atom is 0.416 e. The Kier molecular flexibility index (Phi) is 4.27. The minimum absolute atomic E-state index is 0.0122. The lowest BCUT2D eigenvalue weighted by molar-refractivity contribution is -0.137. The van der Waals surface area contributed by atoms with E-state index in [1.165, 1.54) is 30.3 Å². The third-order valence-electron chi connectivity index (χ3n) is 3.95. The van der Waals surface area contributed by atoms with Crippen LogP contribution >= 0.6 is 0 Å². The number of para-hydroxylation sites is 1. The van der Waals surface area contributed by atoms with Gasteiger partial charge in [0.1, 0.15) is 0 Å². The third-order valence-corrected chi connectivity index (χ3v) is 3.95. The van der Waals surface area contributed by atoms with Gasteiger partial charge in [-0.3, -0.25) is 4.79 Å². The molecule has 0 radical (unpaired) electrons. The van der Waals surface area contributed by atoms with Gasteiger partial charge >= 0.3 is 12.1 Å². The van der Waals surface area contributed by atoms with Crippen LogP contribution in [0.4, 0.5) is 17.6 Å². The van der Waals surface area contributed by atoms with E-state index in [0.717, 1.165) is 16.7 Å². The highest BCUT2D eigenvalue weighted by Gasteiger charge is 2.30. The average molecular weight is 365 g/mol. The zero-order valence-electron chi connectivity index (χ0n) is 13.0. The van der Waals surface area contributed by atoms with Crippen LogP contribution in [0.1, 0.15) is 21.5 Å². The Labute approximate surface area is 143 Å². The highest BCUT2D eigenvalue weighted by Crippen LogP contribution is 2.29. The van der Waals surface area contributed by atoms with Crippen LogP contribution in [-0.4, -0.2) is 15.6 Å². The SMILES string of the molecule is O=C(O)c1c(F)n(Cc2ccc(C(F)(F)F)cc2)c2ccccc2c1=O. The summed E-state index contributed by atoms with van der Waals surface area (Å²) in [6, 6.07) is 9.93. The van der Waals surface area contributed by atoms with Crippen molar-refractivity contribution in [2.75, 3.05) is 0 Å². The summed E-state index contributed by atoms with van der Waals surface area (Å²) in [4.78, 5) is 23.5. The molecular formula is C18H11F4NO3. The average Bonchev–Trinajstić information content (AvgIpc) is 2.58. The van der Waals surface area contributed by atoms with Gasteiger partial charge in [0.25, 0.3) is 0 Å². The number of carboxylic acids is 1. The number of hydrogen-bond acceptors (Lipinski definition) is 2. The number of halogens is 4. The number of nitrogens with zero attached hydrogens (tertiary/aromatic N) is 1. The first-order chi connectivity index (χ1) is 12.2. The second-order valence-corrected chi connectivity index (χ2v) is 5.60. The summed E-state index contributed by atoms with van der Waals surface area (Å²) in [5.41, 5.74) is -2.33. The van der Waals surface area contributed by atoms with Gasteiger partial charge in [-0.25, -0.2) is 4.79 Å². The van der Waals surface area contributed by atoms with Gasteiger partial charge in [-0.05, 0) is 29.8 Å². The molecule has 0 saturated heterocycles. The molecule has 0 fully saturated rings. The number of rotatable bonds is 3. The van der Waals surface area contributed by atoms with E-state index in [9.17, 15) is 27.2 Å². The van der Waals surface area contributed by atoms with Crippen molar-refractivity contribution in [3.63, 3.8) is 0 Å². The lowest BCUT2D eigenvalue weighted by Gasteiger charge is -2.15. The molecular weight excluding hydrogens is 354 g/mol. The molecule has 0 atom stereocenters. The normalized spacial score (nSPS) is 11.7. The Bertz CT molecular complexity index is 1050. The molecule has 1 aromatic heterocycles. The highest BCUT2D eigenvalue weighted by atomic mass is 19.4. The van der Waals surface area contributed by atoms with Crippen LogP contribution in [0.3, 0.4) is 0 Å². The Morgan fingerprint density at radius 1 is 1.04 bits per heavy atom. The van der Waals surface area contributed by atoms with Gasteiger partial charge in [-0.15, -0.1) is 0 Å². The van der Waals surface area contributed by atoms with E-state index in [1.807, 2.05) is 0 Å². The van der Waals surface area contributed by atoms with E-state index in [0.29, 0.717) is 5.56 Å². The maximum absolute atomic E-state index is 14.7. The molecule has 0 saturated carbocycles. The fourth-order valence-electron chi connectivity index (χ4n) is 2.69. The molecule has 4 nitrogen and oxygen atoms in total. The van der Waals surface area contributed by atoms with Gasteiger partial charge in [0.15, 0.2) is 5.56 Å². The smallest absolute Gasteiger partial charge is 0.416 e. The molecule has 0 bridgehead atoms. The quantitative estimate of drug-likeness (QED) is 0.566. The lowest BCUT2D eigenvalue weighted by Crippen LogP contribution is -2.23. The summed E-state index contributed by atoms with van der Waals surface area (Å²) in [7, 11) is 0. The second-order valence-electron chi connectivity index (χ2n) is 5.60. The Hall–Kier alpha value is -3.16. The maximum atomic E-state index is 14.7. The molecule has 0 unspecified atom stereocenters. The number of fused-ring (bicyclic) bond motifs is 1. The van der Waals surface area contributed by atoms with E-state index in [-0.39, 0.29) is 17.4 Å². The minimum atomic E-state index is -4.50. The largest absolute Gasteiger partial charge is 0.477 e. The predicted molar refractivity (Wildman–Crippen MR) is 85.7 cm³/mol. The zero-order valence-corrected chi connectivity index (χ0v) is 13.0. The third kappa shape index (κ3) is 3.05. The lowest BCUT2D eigenvalue weighted by atomic mass is 10.1. The first-order valence-corrected chi connectivity index (χ1v) is 7.40. The van der Waals surface area contributed by atoms with Crippen LogP contribution in [0, 0.1) is 5.95 Å². The van der Waals surface area contributed by atoms with Crippen LogP contribution in [0.25, 0.3) is 10.9 Å². The van der Waals surface area contributed by atoms with Gasteiger partial charge in [-0.1, -0.05) is 24.3 Å².